The second-order valence-electron chi connectivity index (χ2n) is 6.48. The number of hydrogen-bond acceptors (Lipinski definition) is 6. The quantitative estimate of drug-likeness (QED) is 0.670. The molecule has 1 saturated heterocycles. The highest BCUT2D eigenvalue weighted by Crippen LogP contribution is 2.30. The molecule has 3 heterocycles. The Morgan fingerprint density at radius 2 is 2.16 bits per heavy atom. The zero-order valence-corrected chi connectivity index (χ0v) is 14.7. The fourth-order valence-corrected chi connectivity index (χ4v) is 3.68. The maximum Gasteiger partial charge on any atom is 0.338 e. The first-order chi connectivity index (χ1) is 12.1. The van der Waals surface area contributed by atoms with Crippen molar-refractivity contribution >= 4 is 17.6 Å². The summed E-state index contributed by atoms with van der Waals surface area (Å²) in [4.78, 5) is 22.2. The number of ether oxygens (including phenoxy) is 1. The first-order valence-corrected chi connectivity index (χ1v) is 8.71. The van der Waals surface area contributed by atoms with Gasteiger partial charge in [0.1, 0.15) is 6.61 Å². The summed E-state index contributed by atoms with van der Waals surface area (Å²) < 4.78 is 5.16. The van der Waals surface area contributed by atoms with E-state index in [1.807, 2.05) is 12.1 Å². The lowest BCUT2D eigenvalue weighted by Gasteiger charge is -2.34. The molecule has 2 aliphatic rings. The summed E-state index contributed by atoms with van der Waals surface area (Å²) in [6.07, 6.45) is 3.55. The minimum atomic E-state index is -0.217. The lowest BCUT2D eigenvalue weighted by molar-refractivity contribution is 0.0535. The van der Waals surface area contributed by atoms with E-state index in [-0.39, 0.29) is 17.3 Å². The van der Waals surface area contributed by atoms with E-state index in [0.717, 1.165) is 42.9 Å². The molecule has 1 aromatic heterocycles. The molecule has 25 heavy (non-hydrogen) atoms. The van der Waals surface area contributed by atoms with Crippen LogP contribution in [0.2, 0.25) is 5.28 Å². The fraction of sp³-hybridized carbons (Fsp3) is 0.389. The summed E-state index contributed by atoms with van der Waals surface area (Å²) >= 11 is 5.75. The monoisotopic (exact) mass is 358 g/mol. The number of halogens is 1. The predicted molar refractivity (Wildman–Crippen MR) is 93.4 cm³/mol. The van der Waals surface area contributed by atoms with Crippen molar-refractivity contribution in [3.63, 3.8) is 0 Å². The van der Waals surface area contributed by atoms with Crippen LogP contribution in [0.25, 0.3) is 0 Å². The minimum Gasteiger partial charge on any atom is -0.457 e. The predicted octanol–water partition coefficient (Wildman–Crippen LogP) is 2.26. The van der Waals surface area contributed by atoms with Gasteiger partial charge >= 0.3 is 5.97 Å². The molecule has 6 nitrogen and oxygen atoms in total. The van der Waals surface area contributed by atoms with E-state index in [1.165, 1.54) is 5.56 Å². The van der Waals surface area contributed by atoms with Crippen molar-refractivity contribution in [2.24, 2.45) is 0 Å². The van der Waals surface area contributed by atoms with Crippen LogP contribution >= 0.6 is 11.6 Å². The van der Waals surface area contributed by atoms with Crippen LogP contribution in [0.5, 0.6) is 0 Å². The number of rotatable bonds is 3. The lowest BCUT2D eigenvalue weighted by Crippen LogP contribution is -2.45. The number of hydrogen-bond donors (Lipinski definition) is 1. The van der Waals surface area contributed by atoms with Crippen molar-refractivity contribution in [3.8, 4) is 0 Å². The Hall–Kier alpha value is -2.02. The van der Waals surface area contributed by atoms with Crippen molar-refractivity contribution in [2.75, 3.05) is 19.6 Å². The average molecular weight is 359 g/mol. The number of carbonyl (C=O) groups excluding carboxylic acids is 1. The van der Waals surface area contributed by atoms with Crippen molar-refractivity contribution in [1.82, 2.24) is 20.2 Å². The number of aromatic nitrogens is 2. The molecule has 1 fully saturated rings. The third-order valence-corrected chi connectivity index (χ3v) is 5.12. The molecule has 0 saturated carbocycles. The highest BCUT2D eigenvalue weighted by atomic mass is 35.5. The highest BCUT2D eigenvalue weighted by Gasteiger charge is 2.28. The molecule has 1 atom stereocenters. The van der Waals surface area contributed by atoms with Crippen LogP contribution in [0.1, 0.15) is 38.7 Å². The fourth-order valence-electron chi connectivity index (χ4n) is 3.59. The SMILES string of the molecule is Cc1c([C@@H]2CN(Cc3cnc(Cl)nc3)CCN2)ccc2c1COC2=O. The molecule has 4 rings (SSSR count). The lowest BCUT2D eigenvalue weighted by atomic mass is 9.93. The van der Waals surface area contributed by atoms with Gasteiger partial charge < -0.3 is 10.1 Å². The molecule has 2 aliphatic heterocycles. The number of esters is 1. The van der Waals surface area contributed by atoms with E-state index in [4.69, 9.17) is 16.3 Å². The van der Waals surface area contributed by atoms with Gasteiger partial charge in [-0.2, -0.15) is 0 Å². The molecule has 2 aromatic rings. The molecule has 0 radical (unpaired) electrons. The van der Waals surface area contributed by atoms with Crippen molar-refractivity contribution in [3.05, 3.63) is 57.6 Å². The molecule has 0 amide bonds. The van der Waals surface area contributed by atoms with E-state index in [2.05, 4.69) is 27.1 Å². The number of nitrogens with zero attached hydrogens (tertiary/aromatic N) is 3. The maximum atomic E-state index is 11.7. The van der Waals surface area contributed by atoms with E-state index >= 15 is 0 Å². The zero-order chi connectivity index (χ0) is 17.4. The molecular formula is C18H19ClN4O2. The van der Waals surface area contributed by atoms with Crippen LogP contribution in [0.3, 0.4) is 0 Å². The Kier molecular flexibility index (Phi) is 4.41. The van der Waals surface area contributed by atoms with Gasteiger partial charge in [-0.05, 0) is 35.7 Å². The average Bonchev–Trinajstić information content (AvgIpc) is 3.00. The molecule has 1 N–H and O–H groups in total. The first kappa shape index (κ1) is 16.4. The normalized spacial score (nSPS) is 20.4. The molecule has 1 aromatic carbocycles. The molecule has 0 bridgehead atoms. The van der Waals surface area contributed by atoms with Gasteiger partial charge in [0, 0.05) is 55.7 Å². The van der Waals surface area contributed by atoms with Crippen LogP contribution in [0.4, 0.5) is 0 Å². The summed E-state index contributed by atoms with van der Waals surface area (Å²) in [5.74, 6) is -0.217. The molecule has 0 aliphatic carbocycles. The molecule has 130 valence electrons. The Bertz CT molecular complexity index is 809. The van der Waals surface area contributed by atoms with Gasteiger partial charge in [0.05, 0.1) is 5.56 Å². The Morgan fingerprint density at radius 1 is 1.36 bits per heavy atom. The molecule has 0 unspecified atom stereocenters. The van der Waals surface area contributed by atoms with Gasteiger partial charge in [-0.25, -0.2) is 14.8 Å². The van der Waals surface area contributed by atoms with Gasteiger partial charge in [0.15, 0.2) is 0 Å². The topological polar surface area (TPSA) is 67.3 Å². The van der Waals surface area contributed by atoms with Crippen molar-refractivity contribution in [1.29, 1.82) is 0 Å². The summed E-state index contributed by atoms with van der Waals surface area (Å²) in [5.41, 5.74) is 5.15. The highest BCUT2D eigenvalue weighted by molar-refractivity contribution is 6.28. The smallest absolute Gasteiger partial charge is 0.338 e. The number of carbonyl (C=O) groups is 1. The summed E-state index contributed by atoms with van der Waals surface area (Å²) in [7, 11) is 0. The Morgan fingerprint density at radius 3 is 2.96 bits per heavy atom. The van der Waals surface area contributed by atoms with Crippen molar-refractivity contribution in [2.45, 2.75) is 26.1 Å². The third kappa shape index (κ3) is 3.25. The number of piperazine rings is 1. The van der Waals surface area contributed by atoms with E-state index in [0.29, 0.717) is 12.2 Å². The summed E-state index contributed by atoms with van der Waals surface area (Å²) in [6, 6.07) is 4.16. The number of cyclic esters (lactones) is 1. The van der Waals surface area contributed by atoms with Gasteiger partial charge in [0.2, 0.25) is 5.28 Å². The van der Waals surface area contributed by atoms with Crippen LogP contribution < -0.4 is 5.32 Å². The van der Waals surface area contributed by atoms with E-state index < -0.39 is 0 Å². The molecular weight excluding hydrogens is 340 g/mol. The summed E-state index contributed by atoms with van der Waals surface area (Å²) in [6.45, 7) is 6.00. The second-order valence-corrected chi connectivity index (χ2v) is 6.82. The van der Waals surface area contributed by atoms with Gasteiger partial charge in [0.25, 0.3) is 0 Å². The van der Waals surface area contributed by atoms with Crippen LogP contribution in [0.15, 0.2) is 24.5 Å². The molecule has 7 heteroatoms. The minimum absolute atomic E-state index is 0.217. The van der Waals surface area contributed by atoms with Crippen LogP contribution in [0, 0.1) is 6.92 Å². The number of nitrogens with one attached hydrogen (secondary N) is 1. The van der Waals surface area contributed by atoms with Crippen LogP contribution in [-0.4, -0.2) is 40.5 Å². The standard InChI is InChI=1S/C18H19ClN4O2/c1-11-13(2-3-14-15(11)10-25-17(14)24)16-9-23(5-4-20-16)8-12-6-21-18(19)22-7-12/h2-3,6-7,16,20H,4-5,8-10H2,1H3/t16-/m0/s1. The maximum absolute atomic E-state index is 11.7. The summed E-state index contributed by atoms with van der Waals surface area (Å²) in [5, 5.41) is 3.85. The second kappa shape index (κ2) is 6.71. The van der Waals surface area contributed by atoms with Gasteiger partial charge in [-0.15, -0.1) is 0 Å². The van der Waals surface area contributed by atoms with E-state index in [1.54, 1.807) is 12.4 Å². The first-order valence-electron chi connectivity index (χ1n) is 8.33. The number of benzene rings is 1. The Labute approximate surface area is 151 Å². The Balaban J connectivity index is 1.52. The van der Waals surface area contributed by atoms with Crippen molar-refractivity contribution < 1.29 is 9.53 Å². The third-order valence-electron chi connectivity index (χ3n) is 4.92. The number of fused-ring (bicyclic) bond motifs is 1. The largest absolute Gasteiger partial charge is 0.457 e. The van der Waals surface area contributed by atoms with E-state index in [9.17, 15) is 4.79 Å². The molecule has 0 spiro atoms. The van der Waals surface area contributed by atoms with Gasteiger partial charge in [-0.1, -0.05) is 6.07 Å². The van der Waals surface area contributed by atoms with Crippen LogP contribution in [-0.2, 0) is 17.9 Å². The zero-order valence-electron chi connectivity index (χ0n) is 14.0. The van der Waals surface area contributed by atoms with Gasteiger partial charge in [-0.3, -0.25) is 4.90 Å².